The molecule has 7 nitrogen and oxygen atoms in total. The van der Waals surface area contributed by atoms with Crippen LogP contribution in [0.15, 0.2) is 24.3 Å². The Bertz CT molecular complexity index is 1060. The van der Waals surface area contributed by atoms with E-state index in [0.29, 0.717) is 55.4 Å². The summed E-state index contributed by atoms with van der Waals surface area (Å²) >= 11 is 6.28. The molecule has 0 spiro atoms. The lowest BCUT2D eigenvalue weighted by Crippen LogP contribution is -2.52. The van der Waals surface area contributed by atoms with Gasteiger partial charge in [-0.25, -0.2) is 8.42 Å². The maximum absolute atomic E-state index is 13.2. The average molecular weight is 451 g/mol. The van der Waals surface area contributed by atoms with Crippen LogP contribution in [0.1, 0.15) is 33.7 Å². The van der Waals surface area contributed by atoms with E-state index in [-0.39, 0.29) is 23.5 Å². The van der Waals surface area contributed by atoms with Crippen LogP contribution >= 0.6 is 11.6 Å². The second-order valence-electron chi connectivity index (χ2n) is 8.18. The zero-order valence-electron chi connectivity index (χ0n) is 17.3. The Morgan fingerprint density at radius 3 is 2.50 bits per heavy atom. The fraction of sp³-hybridized carbons (Fsp3) is 0.524. The van der Waals surface area contributed by atoms with Gasteiger partial charge in [0.25, 0.3) is 5.91 Å². The van der Waals surface area contributed by atoms with Crippen molar-refractivity contribution < 1.29 is 13.2 Å². The first kappa shape index (κ1) is 21.3. The van der Waals surface area contributed by atoms with E-state index < -0.39 is 9.84 Å². The zero-order chi connectivity index (χ0) is 21.5. The van der Waals surface area contributed by atoms with Crippen molar-refractivity contribution in [3.8, 4) is 0 Å². The summed E-state index contributed by atoms with van der Waals surface area (Å²) < 4.78 is 25.4. The molecule has 4 rings (SSSR count). The molecule has 3 heterocycles. The fourth-order valence-corrected chi connectivity index (χ4v) is 6.42. The molecule has 2 aliphatic heterocycles. The number of rotatable bonds is 4. The number of amides is 1. The van der Waals surface area contributed by atoms with E-state index >= 15 is 0 Å². The zero-order valence-corrected chi connectivity index (χ0v) is 18.9. The maximum Gasteiger partial charge on any atom is 0.257 e. The van der Waals surface area contributed by atoms with Gasteiger partial charge in [0.1, 0.15) is 0 Å². The van der Waals surface area contributed by atoms with Crippen molar-refractivity contribution in [2.45, 2.75) is 32.9 Å². The van der Waals surface area contributed by atoms with Crippen LogP contribution in [0.25, 0.3) is 0 Å². The monoisotopic (exact) mass is 450 g/mol. The number of hydrogen-bond acceptors (Lipinski definition) is 5. The van der Waals surface area contributed by atoms with Crippen molar-refractivity contribution >= 4 is 27.3 Å². The summed E-state index contributed by atoms with van der Waals surface area (Å²) in [5, 5.41) is 5.27. The first-order valence-corrected chi connectivity index (χ1v) is 12.5. The quantitative estimate of drug-likeness (QED) is 0.713. The molecule has 1 aromatic carbocycles. The highest BCUT2D eigenvalue weighted by molar-refractivity contribution is 7.91. The number of halogens is 1. The molecule has 0 N–H and O–H groups in total. The van der Waals surface area contributed by atoms with E-state index in [4.69, 9.17) is 11.6 Å². The molecule has 9 heteroatoms. The molecule has 1 aromatic heterocycles. The molecule has 1 atom stereocenters. The minimum atomic E-state index is -2.90. The van der Waals surface area contributed by atoms with Crippen molar-refractivity contribution in [1.82, 2.24) is 19.6 Å². The Hall–Kier alpha value is -1.90. The number of aromatic nitrogens is 2. The third-order valence-corrected chi connectivity index (χ3v) is 8.32. The molecule has 0 aliphatic carbocycles. The topological polar surface area (TPSA) is 75.5 Å². The Balaban J connectivity index is 1.44. The molecule has 2 fully saturated rings. The predicted octanol–water partition coefficient (Wildman–Crippen LogP) is 2.15. The Morgan fingerprint density at radius 2 is 1.87 bits per heavy atom. The molecule has 2 saturated heterocycles. The van der Waals surface area contributed by atoms with Crippen LogP contribution in [0.4, 0.5) is 0 Å². The van der Waals surface area contributed by atoms with Gasteiger partial charge in [0.2, 0.25) is 0 Å². The Morgan fingerprint density at radius 1 is 1.17 bits per heavy atom. The van der Waals surface area contributed by atoms with Crippen molar-refractivity contribution in [2.24, 2.45) is 0 Å². The van der Waals surface area contributed by atoms with E-state index in [2.05, 4.69) is 10.00 Å². The minimum absolute atomic E-state index is 0.00546. The normalized spacial score (nSPS) is 21.8. The van der Waals surface area contributed by atoms with Gasteiger partial charge in [0, 0.05) is 42.9 Å². The number of benzene rings is 1. The number of piperazine rings is 1. The summed E-state index contributed by atoms with van der Waals surface area (Å²) in [6.45, 7) is 6.92. The lowest BCUT2D eigenvalue weighted by atomic mass is 10.1. The summed E-state index contributed by atoms with van der Waals surface area (Å²) in [5.41, 5.74) is 3.17. The van der Waals surface area contributed by atoms with Crippen molar-refractivity contribution in [3.63, 3.8) is 0 Å². The van der Waals surface area contributed by atoms with Crippen LogP contribution in [0.5, 0.6) is 0 Å². The lowest BCUT2D eigenvalue weighted by Gasteiger charge is -2.37. The van der Waals surface area contributed by atoms with Crippen LogP contribution in [0, 0.1) is 13.8 Å². The van der Waals surface area contributed by atoms with E-state index in [1.54, 1.807) is 0 Å². The van der Waals surface area contributed by atoms with Crippen LogP contribution < -0.4 is 0 Å². The third-order valence-electron chi connectivity index (χ3n) is 6.20. The maximum atomic E-state index is 13.2. The summed E-state index contributed by atoms with van der Waals surface area (Å²) in [6, 6.07) is 7.73. The van der Waals surface area contributed by atoms with Gasteiger partial charge >= 0.3 is 0 Å². The first-order chi connectivity index (χ1) is 14.2. The van der Waals surface area contributed by atoms with Gasteiger partial charge in [-0.1, -0.05) is 29.8 Å². The minimum Gasteiger partial charge on any atom is -0.336 e. The first-order valence-electron chi connectivity index (χ1n) is 10.3. The number of hydrogen-bond donors (Lipinski definition) is 0. The summed E-state index contributed by atoms with van der Waals surface area (Å²) in [7, 11) is -2.90. The summed E-state index contributed by atoms with van der Waals surface area (Å²) in [4.78, 5) is 17.3. The predicted molar refractivity (Wildman–Crippen MR) is 117 cm³/mol. The highest BCUT2D eigenvalue weighted by Gasteiger charge is 2.35. The molecule has 0 saturated carbocycles. The van der Waals surface area contributed by atoms with Crippen LogP contribution in [0.2, 0.25) is 5.02 Å². The van der Waals surface area contributed by atoms with E-state index in [1.807, 2.05) is 47.7 Å². The molecule has 1 amide bonds. The van der Waals surface area contributed by atoms with Crippen molar-refractivity contribution in [1.29, 1.82) is 0 Å². The van der Waals surface area contributed by atoms with Gasteiger partial charge in [0.05, 0.1) is 29.3 Å². The Labute approximate surface area is 182 Å². The number of carbonyl (C=O) groups is 1. The number of sulfone groups is 1. The standard InChI is InChI=1S/C21H27ClN4O3S/c1-15-20(16(2)26(23-15)13-17-5-3-4-6-19(17)22)21(27)25-10-8-24(9-11-25)18-7-12-30(28,29)14-18/h3-6,18H,7-14H2,1-2H3/t18-/m0/s1. The smallest absolute Gasteiger partial charge is 0.257 e. The summed E-state index contributed by atoms with van der Waals surface area (Å²) in [5.74, 6) is 0.516. The van der Waals surface area contributed by atoms with Gasteiger partial charge in [0.15, 0.2) is 9.84 Å². The van der Waals surface area contributed by atoms with Crippen LogP contribution in [-0.4, -0.2) is 77.6 Å². The fourth-order valence-electron chi connectivity index (χ4n) is 4.46. The average Bonchev–Trinajstić information content (AvgIpc) is 3.21. The number of nitrogens with zero attached hydrogens (tertiary/aromatic N) is 4. The third kappa shape index (κ3) is 4.26. The van der Waals surface area contributed by atoms with Gasteiger partial charge in [-0.2, -0.15) is 5.10 Å². The van der Waals surface area contributed by atoms with Gasteiger partial charge in [-0.3, -0.25) is 14.4 Å². The second kappa shape index (κ2) is 8.32. The molecule has 162 valence electrons. The molecule has 30 heavy (non-hydrogen) atoms. The second-order valence-corrected chi connectivity index (χ2v) is 10.8. The molecular weight excluding hydrogens is 424 g/mol. The highest BCUT2D eigenvalue weighted by Crippen LogP contribution is 2.23. The van der Waals surface area contributed by atoms with Gasteiger partial charge < -0.3 is 4.90 Å². The number of carbonyl (C=O) groups excluding carboxylic acids is 1. The number of aryl methyl sites for hydroxylation is 1. The van der Waals surface area contributed by atoms with E-state index in [0.717, 1.165) is 11.3 Å². The SMILES string of the molecule is Cc1nn(Cc2ccccc2Cl)c(C)c1C(=O)N1CCN([C@H]2CCS(=O)(=O)C2)CC1. The van der Waals surface area contributed by atoms with Crippen molar-refractivity contribution in [2.75, 3.05) is 37.7 Å². The van der Waals surface area contributed by atoms with E-state index in [1.165, 1.54) is 0 Å². The molecule has 2 aromatic rings. The van der Waals surface area contributed by atoms with Gasteiger partial charge in [-0.15, -0.1) is 0 Å². The van der Waals surface area contributed by atoms with Crippen LogP contribution in [-0.2, 0) is 16.4 Å². The molecule has 0 bridgehead atoms. The largest absolute Gasteiger partial charge is 0.336 e. The molecule has 0 unspecified atom stereocenters. The lowest BCUT2D eigenvalue weighted by molar-refractivity contribution is 0.0586. The summed E-state index contributed by atoms with van der Waals surface area (Å²) in [6.07, 6.45) is 0.698. The van der Waals surface area contributed by atoms with E-state index in [9.17, 15) is 13.2 Å². The van der Waals surface area contributed by atoms with Crippen LogP contribution in [0.3, 0.4) is 0 Å². The Kier molecular flexibility index (Phi) is 5.92. The molecular formula is C21H27ClN4O3S. The molecule has 0 radical (unpaired) electrons. The van der Waals surface area contributed by atoms with Gasteiger partial charge in [-0.05, 0) is 31.9 Å². The van der Waals surface area contributed by atoms with Crippen molar-refractivity contribution in [3.05, 3.63) is 51.8 Å². The molecule has 2 aliphatic rings. The highest BCUT2D eigenvalue weighted by atomic mass is 35.5.